The molecule has 3 rings (SSSR count). The highest BCUT2D eigenvalue weighted by Gasteiger charge is 2.19. The van der Waals surface area contributed by atoms with Crippen LogP contribution in [-0.2, 0) is 17.9 Å². The number of nitrogens with one attached hydrogen (secondary N) is 1. The molecule has 0 saturated carbocycles. The van der Waals surface area contributed by atoms with Crippen molar-refractivity contribution in [1.82, 2.24) is 15.1 Å². The molecule has 0 aliphatic carbocycles. The molecule has 1 heterocycles. The fraction of sp³-hybridized carbons (Fsp3) is 0.409. The minimum atomic E-state index is 0.225. The summed E-state index contributed by atoms with van der Waals surface area (Å²) in [6, 6.07) is 20.7. The van der Waals surface area contributed by atoms with Crippen molar-refractivity contribution in [1.29, 1.82) is 0 Å². The molecule has 0 aromatic heterocycles. The number of hydrogen-bond donors (Lipinski definition) is 1. The minimum absolute atomic E-state index is 0.225. The zero-order valence-corrected chi connectivity index (χ0v) is 16.0. The van der Waals surface area contributed by atoms with E-state index < -0.39 is 0 Å². The van der Waals surface area contributed by atoms with Gasteiger partial charge in [0.1, 0.15) is 0 Å². The molecule has 0 atom stereocenters. The third kappa shape index (κ3) is 6.62. The van der Waals surface area contributed by atoms with Crippen LogP contribution < -0.4 is 5.32 Å². The van der Waals surface area contributed by atoms with E-state index in [9.17, 15) is 4.79 Å². The third-order valence-electron chi connectivity index (χ3n) is 4.33. The molecule has 2 aromatic carbocycles. The van der Waals surface area contributed by atoms with Crippen LogP contribution in [-0.4, -0.2) is 48.4 Å². The summed E-state index contributed by atoms with van der Waals surface area (Å²) in [7, 11) is 0. The molecule has 0 bridgehead atoms. The maximum atomic E-state index is 12.6. The highest BCUT2D eigenvalue weighted by Crippen LogP contribution is 2.10. The highest BCUT2D eigenvalue weighted by atomic mass is 16.2. The second kappa shape index (κ2) is 11.4. The van der Waals surface area contributed by atoms with Gasteiger partial charge in [-0.05, 0) is 11.1 Å². The molecular formula is C22H31N3O. The lowest BCUT2D eigenvalue weighted by molar-refractivity contribution is -0.133. The molecule has 140 valence electrons. The largest absolute Gasteiger partial charge is 0.339 e. The van der Waals surface area contributed by atoms with Gasteiger partial charge in [-0.3, -0.25) is 9.69 Å². The Hall–Kier alpha value is -2.17. The quantitative estimate of drug-likeness (QED) is 0.867. The molecule has 1 aliphatic rings. The summed E-state index contributed by atoms with van der Waals surface area (Å²) in [5, 5.41) is 3.30. The second-order valence-electron chi connectivity index (χ2n) is 6.25. The fourth-order valence-corrected chi connectivity index (χ4v) is 3.06. The van der Waals surface area contributed by atoms with Crippen molar-refractivity contribution in [3.63, 3.8) is 0 Å². The minimum Gasteiger partial charge on any atom is -0.339 e. The topological polar surface area (TPSA) is 35.6 Å². The Labute approximate surface area is 157 Å². The van der Waals surface area contributed by atoms with Crippen LogP contribution in [0.4, 0.5) is 0 Å². The van der Waals surface area contributed by atoms with Gasteiger partial charge in [-0.25, -0.2) is 0 Å². The zero-order valence-electron chi connectivity index (χ0n) is 16.0. The van der Waals surface area contributed by atoms with Crippen LogP contribution in [0.5, 0.6) is 0 Å². The average molecular weight is 354 g/mol. The van der Waals surface area contributed by atoms with Crippen LogP contribution in [0.2, 0.25) is 0 Å². The summed E-state index contributed by atoms with van der Waals surface area (Å²) in [5.74, 6) is 0.225. The normalized spacial score (nSPS) is 13.9. The Morgan fingerprint density at radius 3 is 1.81 bits per heavy atom. The van der Waals surface area contributed by atoms with E-state index in [0.29, 0.717) is 6.54 Å². The molecule has 1 N–H and O–H groups in total. The van der Waals surface area contributed by atoms with Crippen LogP contribution in [0, 0.1) is 0 Å². The van der Waals surface area contributed by atoms with E-state index in [-0.39, 0.29) is 5.91 Å². The van der Waals surface area contributed by atoms with Gasteiger partial charge in [0.05, 0.1) is 6.54 Å². The number of carbonyl (C=O) groups is 1. The summed E-state index contributed by atoms with van der Waals surface area (Å²) < 4.78 is 0. The van der Waals surface area contributed by atoms with E-state index in [4.69, 9.17) is 0 Å². The van der Waals surface area contributed by atoms with Gasteiger partial charge in [0.25, 0.3) is 0 Å². The van der Waals surface area contributed by atoms with E-state index in [1.807, 2.05) is 55.1 Å². The Kier molecular flexibility index (Phi) is 8.87. The summed E-state index contributed by atoms with van der Waals surface area (Å²) in [4.78, 5) is 16.8. The van der Waals surface area contributed by atoms with E-state index in [1.165, 1.54) is 11.1 Å². The average Bonchev–Trinajstić information content (AvgIpc) is 2.71. The van der Waals surface area contributed by atoms with Gasteiger partial charge >= 0.3 is 0 Å². The molecule has 4 heteroatoms. The van der Waals surface area contributed by atoms with Crippen molar-refractivity contribution in [2.75, 3.05) is 32.7 Å². The van der Waals surface area contributed by atoms with Crippen molar-refractivity contribution < 1.29 is 4.79 Å². The maximum absolute atomic E-state index is 12.6. The van der Waals surface area contributed by atoms with Gasteiger partial charge in [0.2, 0.25) is 5.91 Å². The molecule has 1 aliphatic heterocycles. The Morgan fingerprint density at radius 2 is 1.35 bits per heavy atom. The van der Waals surface area contributed by atoms with Crippen LogP contribution in [0.15, 0.2) is 60.7 Å². The van der Waals surface area contributed by atoms with Crippen molar-refractivity contribution in [3.8, 4) is 0 Å². The van der Waals surface area contributed by atoms with Gasteiger partial charge in [0, 0.05) is 39.3 Å². The van der Waals surface area contributed by atoms with Crippen LogP contribution in [0.1, 0.15) is 25.0 Å². The summed E-state index contributed by atoms with van der Waals surface area (Å²) in [6.45, 7) is 9.43. The number of piperazine rings is 1. The second-order valence-corrected chi connectivity index (χ2v) is 6.25. The summed E-state index contributed by atoms with van der Waals surface area (Å²) in [6.07, 6.45) is 0. The molecule has 2 aromatic rings. The molecule has 1 amide bonds. The maximum Gasteiger partial charge on any atom is 0.236 e. The number of rotatable bonds is 6. The molecule has 4 nitrogen and oxygen atoms in total. The molecule has 0 radical (unpaired) electrons. The first-order valence-corrected chi connectivity index (χ1v) is 9.60. The van der Waals surface area contributed by atoms with E-state index in [0.717, 1.165) is 39.3 Å². The molecule has 1 saturated heterocycles. The lowest BCUT2D eigenvalue weighted by Gasteiger charge is -2.30. The van der Waals surface area contributed by atoms with Gasteiger partial charge in [0.15, 0.2) is 0 Å². The van der Waals surface area contributed by atoms with Crippen molar-refractivity contribution in [3.05, 3.63) is 71.8 Å². The van der Waals surface area contributed by atoms with E-state index in [2.05, 4.69) is 34.5 Å². The van der Waals surface area contributed by atoms with Crippen molar-refractivity contribution >= 4 is 5.91 Å². The van der Waals surface area contributed by atoms with Gasteiger partial charge in [-0.1, -0.05) is 74.5 Å². The smallest absolute Gasteiger partial charge is 0.236 e. The van der Waals surface area contributed by atoms with Crippen LogP contribution in [0.25, 0.3) is 0 Å². The Balaban J connectivity index is 0.00000117. The number of carbonyl (C=O) groups excluding carboxylic acids is 1. The van der Waals surface area contributed by atoms with E-state index in [1.54, 1.807) is 0 Å². The lowest BCUT2D eigenvalue weighted by Crippen LogP contribution is -2.49. The Morgan fingerprint density at radius 1 is 0.885 bits per heavy atom. The first-order chi connectivity index (χ1) is 12.8. The molecule has 1 fully saturated rings. The van der Waals surface area contributed by atoms with Gasteiger partial charge in [-0.15, -0.1) is 0 Å². The predicted octanol–water partition coefficient (Wildman–Crippen LogP) is 3.15. The zero-order chi connectivity index (χ0) is 18.6. The first kappa shape index (κ1) is 20.1. The van der Waals surface area contributed by atoms with E-state index >= 15 is 0 Å². The summed E-state index contributed by atoms with van der Waals surface area (Å²) in [5.41, 5.74) is 2.48. The summed E-state index contributed by atoms with van der Waals surface area (Å²) >= 11 is 0. The molecule has 0 unspecified atom stereocenters. The predicted molar refractivity (Wildman–Crippen MR) is 108 cm³/mol. The van der Waals surface area contributed by atoms with Crippen molar-refractivity contribution in [2.24, 2.45) is 0 Å². The number of nitrogens with zero attached hydrogens (tertiary/aromatic N) is 2. The SMILES string of the molecule is CC.O=C(CN(Cc1ccccc1)Cc1ccccc1)N1CCNCC1. The molecule has 26 heavy (non-hydrogen) atoms. The van der Waals surface area contributed by atoms with Gasteiger partial charge in [-0.2, -0.15) is 0 Å². The lowest BCUT2D eigenvalue weighted by atomic mass is 10.1. The first-order valence-electron chi connectivity index (χ1n) is 9.60. The molecular weight excluding hydrogens is 322 g/mol. The van der Waals surface area contributed by atoms with Crippen LogP contribution >= 0.6 is 0 Å². The fourth-order valence-electron chi connectivity index (χ4n) is 3.06. The number of amides is 1. The number of hydrogen-bond acceptors (Lipinski definition) is 3. The number of benzene rings is 2. The third-order valence-corrected chi connectivity index (χ3v) is 4.33. The standard InChI is InChI=1S/C20H25N3O.C2H6/c24-20(23-13-11-21-12-14-23)17-22(15-18-7-3-1-4-8-18)16-19-9-5-2-6-10-19;1-2/h1-10,21H,11-17H2;1-2H3. The molecule has 0 spiro atoms. The van der Waals surface area contributed by atoms with Gasteiger partial charge < -0.3 is 10.2 Å². The van der Waals surface area contributed by atoms with Crippen LogP contribution in [0.3, 0.4) is 0 Å². The Bertz CT molecular complexity index is 583. The monoisotopic (exact) mass is 353 g/mol. The highest BCUT2D eigenvalue weighted by molar-refractivity contribution is 5.78. The van der Waals surface area contributed by atoms with Crippen molar-refractivity contribution in [2.45, 2.75) is 26.9 Å².